The zero-order valence-corrected chi connectivity index (χ0v) is 14.5. The Balaban J connectivity index is 2.04. The number of thiophene rings is 1. The fourth-order valence-electron chi connectivity index (χ4n) is 2.19. The molecule has 2 rings (SSSR count). The van der Waals surface area contributed by atoms with Crippen molar-refractivity contribution in [3.8, 4) is 0 Å². The maximum Gasteiger partial charge on any atom is 0.0548 e. The highest BCUT2D eigenvalue weighted by atomic mass is 79.9. The SMILES string of the molecule is CN(CCc1cccs1)C(CN)c1ccc(Cl)c(Br)c1. The molecule has 1 atom stereocenters. The number of nitrogens with zero attached hydrogens (tertiary/aromatic N) is 1. The molecular weight excluding hydrogens is 356 g/mol. The van der Waals surface area contributed by atoms with Gasteiger partial charge in [0.2, 0.25) is 0 Å². The van der Waals surface area contributed by atoms with Crippen molar-refractivity contribution in [1.82, 2.24) is 4.90 Å². The number of hydrogen-bond acceptors (Lipinski definition) is 3. The van der Waals surface area contributed by atoms with Crippen LogP contribution in [0.15, 0.2) is 40.2 Å². The van der Waals surface area contributed by atoms with Crippen molar-refractivity contribution < 1.29 is 0 Å². The van der Waals surface area contributed by atoms with Crippen molar-refractivity contribution >= 4 is 38.9 Å². The minimum Gasteiger partial charge on any atom is -0.329 e. The van der Waals surface area contributed by atoms with Gasteiger partial charge in [0.05, 0.1) is 5.02 Å². The van der Waals surface area contributed by atoms with Crippen molar-refractivity contribution in [3.63, 3.8) is 0 Å². The van der Waals surface area contributed by atoms with Crippen molar-refractivity contribution in [3.05, 3.63) is 55.6 Å². The van der Waals surface area contributed by atoms with Gasteiger partial charge in [0.25, 0.3) is 0 Å². The van der Waals surface area contributed by atoms with E-state index in [9.17, 15) is 0 Å². The Labute approximate surface area is 137 Å². The normalized spacial score (nSPS) is 12.8. The molecule has 2 nitrogen and oxygen atoms in total. The second-order valence-corrected chi connectivity index (χ2v) is 7.03. The molecule has 0 fully saturated rings. The van der Waals surface area contributed by atoms with Gasteiger partial charge in [-0.25, -0.2) is 0 Å². The maximum absolute atomic E-state index is 6.05. The smallest absolute Gasteiger partial charge is 0.0548 e. The summed E-state index contributed by atoms with van der Waals surface area (Å²) < 4.78 is 0.918. The Morgan fingerprint density at radius 1 is 1.40 bits per heavy atom. The van der Waals surface area contributed by atoms with E-state index < -0.39 is 0 Å². The van der Waals surface area contributed by atoms with Crippen LogP contribution >= 0.6 is 38.9 Å². The monoisotopic (exact) mass is 372 g/mol. The third-order valence-corrected chi connectivity index (χ3v) is 5.52. The van der Waals surface area contributed by atoms with Gasteiger partial charge in [-0.1, -0.05) is 23.7 Å². The van der Waals surface area contributed by atoms with Crippen molar-refractivity contribution in [2.24, 2.45) is 5.73 Å². The van der Waals surface area contributed by atoms with Gasteiger partial charge in [0, 0.05) is 28.5 Å². The van der Waals surface area contributed by atoms with E-state index in [1.807, 2.05) is 12.1 Å². The maximum atomic E-state index is 6.05. The second-order valence-electron chi connectivity index (χ2n) is 4.74. The lowest BCUT2D eigenvalue weighted by Gasteiger charge is -2.27. The molecule has 0 radical (unpaired) electrons. The van der Waals surface area contributed by atoms with Gasteiger partial charge < -0.3 is 5.73 Å². The van der Waals surface area contributed by atoms with Gasteiger partial charge in [-0.2, -0.15) is 0 Å². The molecule has 0 aliphatic rings. The van der Waals surface area contributed by atoms with Crippen LogP contribution in [0.3, 0.4) is 0 Å². The summed E-state index contributed by atoms with van der Waals surface area (Å²) in [6, 6.07) is 10.5. The van der Waals surface area contributed by atoms with Gasteiger partial charge >= 0.3 is 0 Å². The minimum atomic E-state index is 0.212. The third kappa shape index (κ3) is 4.06. The van der Waals surface area contributed by atoms with E-state index >= 15 is 0 Å². The molecule has 108 valence electrons. The van der Waals surface area contributed by atoms with Crippen molar-refractivity contribution in [1.29, 1.82) is 0 Å². The molecule has 1 aromatic carbocycles. The lowest BCUT2D eigenvalue weighted by molar-refractivity contribution is 0.254. The van der Waals surface area contributed by atoms with Crippen LogP contribution < -0.4 is 5.73 Å². The summed E-state index contributed by atoms with van der Waals surface area (Å²) in [7, 11) is 2.12. The molecule has 0 saturated heterocycles. The van der Waals surface area contributed by atoms with Crippen LogP contribution in [-0.4, -0.2) is 25.0 Å². The second kappa shape index (κ2) is 7.57. The molecule has 1 heterocycles. The molecule has 0 bridgehead atoms. The first-order valence-corrected chi connectivity index (χ1v) is 8.54. The summed E-state index contributed by atoms with van der Waals surface area (Å²) in [5, 5.41) is 2.84. The Morgan fingerprint density at radius 2 is 2.20 bits per heavy atom. The molecule has 0 spiro atoms. The zero-order valence-electron chi connectivity index (χ0n) is 11.4. The number of halogens is 2. The van der Waals surface area contributed by atoms with Gasteiger partial charge in [-0.05, 0) is 58.5 Å². The summed E-state index contributed by atoms with van der Waals surface area (Å²) >= 11 is 11.3. The lowest BCUT2D eigenvalue weighted by Crippen LogP contribution is -2.32. The fourth-order valence-corrected chi connectivity index (χ4v) is 3.40. The Morgan fingerprint density at radius 3 is 2.80 bits per heavy atom. The molecule has 0 aliphatic carbocycles. The first kappa shape index (κ1) is 16.0. The summed E-state index contributed by atoms with van der Waals surface area (Å²) in [4.78, 5) is 3.71. The van der Waals surface area contributed by atoms with Crippen LogP contribution in [0.2, 0.25) is 5.02 Å². The Bertz CT molecular complexity index is 545. The summed E-state index contributed by atoms with van der Waals surface area (Å²) in [6.45, 7) is 1.58. The topological polar surface area (TPSA) is 29.3 Å². The highest BCUT2D eigenvalue weighted by Gasteiger charge is 2.16. The summed E-state index contributed by atoms with van der Waals surface area (Å²) in [6.07, 6.45) is 1.05. The van der Waals surface area contributed by atoms with Crippen LogP contribution in [0, 0.1) is 0 Å². The van der Waals surface area contributed by atoms with Gasteiger partial charge in [0.1, 0.15) is 0 Å². The molecule has 2 N–H and O–H groups in total. The lowest BCUT2D eigenvalue weighted by atomic mass is 10.1. The molecule has 2 aromatic rings. The minimum absolute atomic E-state index is 0.212. The Hall–Kier alpha value is -0.390. The number of nitrogens with two attached hydrogens (primary N) is 1. The third-order valence-electron chi connectivity index (χ3n) is 3.37. The van der Waals surface area contributed by atoms with Crippen LogP contribution in [0.4, 0.5) is 0 Å². The number of likely N-dealkylation sites (N-methyl/N-ethyl adjacent to an activating group) is 1. The number of hydrogen-bond donors (Lipinski definition) is 1. The number of benzene rings is 1. The van der Waals surface area contributed by atoms with Gasteiger partial charge in [-0.3, -0.25) is 4.90 Å². The first-order valence-electron chi connectivity index (χ1n) is 6.49. The van der Waals surface area contributed by atoms with Crippen molar-refractivity contribution in [2.45, 2.75) is 12.5 Å². The predicted molar refractivity (Wildman–Crippen MR) is 91.6 cm³/mol. The quantitative estimate of drug-likeness (QED) is 0.816. The van der Waals surface area contributed by atoms with Crippen LogP contribution in [0.1, 0.15) is 16.5 Å². The molecule has 5 heteroatoms. The van der Waals surface area contributed by atoms with E-state index in [2.05, 4.69) is 51.5 Å². The van der Waals surface area contributed by atoms with E-state index in [1.165, 1.54) is 10.4 Å². The average molecular weight is 374 g/mol. The predicted octanol–water partition coefficient (Wildman–Crippen LogP) is 4.34. The van der Waals surface area contributed by atoms with Gasteiger partial charge in [0.15, 0.2) is 0 Å². The van der Waals surface area contributed by atoms with Gasteiger partial charge in [-0.15, -0.1) is 11.3 Å². The number of rotatable bonds is 6. The van der Waals surface area contributed by atoms with Crippen LogP contribution in [-0.2, 0) is 6.42 Å². The van der Waals surface area contributed by atoms with Crippen molar-refractivity contribution in [2.75, 3.05) is 20.1 Å². The summed E-state index contributed by atoms with van der Waals surface area (Å²) in [5.74, 6) is 0. The molecule has 0 aliphatic heterocycles. The largest absolute Gasteiger partial charge is 0.329 e. The van der Waals surface area contributed by atoms with E-state index in [-0.39, 0.29) is 6.04 Å². The Kier molecular flexibility index (Phi) is 6.05. The standard InChI is InChI=1S/C15H18BrClN2S/c1-19(7-6-12-3-2-8-20-12)15(10-18)11-4-5-14(17)13(16)9-11/h2-5,8-9,15H,6-7,10,18H2,1H3. The fraction of sp³-hybridized carbons (Fsp3) is 0.333. The first-order chi connectivity index (χ1) is 9.61. The molecule has 20 heavy (non-hydrogen) atoms. The highest BCUT2D eigenvalue weighted by molar-refractivity contribution is 9.10. The van der Waals surface area contributed by atoms with Crippen LogP contribution in [0.25, 0.3) is 0 Å². The molecule has 0 amide bonds. The van der Waals surface area contributed by atoms with E-state index in [1.54, 1.807) is 11.3 Å². The highest BCUT2D eigenvalue weighted by Crippen LogP contribution is 2.28. The van der Waals surface area contributed by atoms with E-state index in [0.717, 1.165) is 22.5 Å². The zero-order chi connectivity index (χ0) is 14.5. The van der Waals surface area contributed by atoms with E-state index in [0.29, 0.717) is 6.54 Å². The molecular formula is C15H18BrClN2S. The summed E-state index contributed by atoms with van der Waals surface area (Å²) in [5.41, 5.74) is 7.15. The molecule has 1 aromatic heterocycles. The average Bonchev–Trinajstić information content (AvgIpc) is 2.94. The molecule has 1 unspecified atom stereocenters. The molecule has 0 saturated carbocycles. The van der Waals surface area contributed by atoms with Crippen LogP contribution in [0.5, 0.6) is 0 Å². The van der Waals surface area contributed by atoms with E-state index in [4.69, 9.17) is 17.3 Å².